The molecule has 1 aliphatic heterocycles. The van der Waals surface area contributed by atoms with Crippen molar-refractivity contribution in [3.8, 4) is 0 Å². The highest BCUT2D eigenvalue weighted by Gasteiger charge is 2.18. The van der Waals surface area contributed by atoms with Gasteiger partial charge < -0.3 is 4.90 Å². The van der Waals surface area contributed by atoms with Crippen molar-refractivity contribution in [3.63, 3.8) is 0 Å². The van der Waals surface area contributed by atoms with Gasteiger partial charge in [0.2, 0.25) is 0 Å². The quantitative estimate of drug-likeness (QED) is 0.752. The topological polar surface area (TPSA) is 16.1 Å². The van der Waals surface area contributed by atoms with Gasteiger partial charge in [-0.2, -0.15) is 0 Å². The summed E-state index contributed by atoms with van der Waals surface area (Å²) in [7, 11) is 0. The zero-order valence-electron chi connectivity index (χ0n) is 9.42. The Balaban J connectivity index is 2.14. The Labute approximate surface area is 107 Å². The number of alkyl halides is 1. The van der Waals surface area contributed by atoms with Crippen LogP contribution in [0.1, 0.15) is 25.3 Å². The Morgan fingerprint density at radius 1 is 1.44 bits per heavy atom. The minimum Gasteiger partial charge on any atom is -0.355 e. The van der Waals surface area contributed by atoms with Crippen LogP contribution in [0.15, 0.2) is 12.3 Å². The zero-order chi connectivity index (χ0) is 11.5. The van der Waals surface area contributed by atoms with Crippen LogP contribution in [0.2, 0.25) is 5.02 Å². The number of piperidine rings is 1. The molecular weight excluding hydrogens is 243 g/mol. The van der Waals surface area contributed by atoms with Crippen LogP contribution >= 0.6 is 23.2 Å². The van der Waals surface area contributed by atoms with Gasteiger partial charge in [-0.05, 0) is 30.4 Å². The van der Waals surface area contributed by atoms with Gasteiger partial charge in [-0.15, -0.1) is 11.6 Å². The molecule has 88 valence electrons. The van der Waals surface area contributed by atoms with Crippen molar-refractivity contribution >= 4 is 29.0 Å². The summed E-state index contributed by atoms with van der Waals surface area (Å²) >= 11 is 12.0. The van der Waals surface area contributed by atoms with Crippen LogP contribution in [0, 0.1) is 5.92 Å². The third-order valence-electron chi connectivity index (χ3n) is 3.12. The first-order valence-electron chi connectivity index (χ1n) is 5.66. The van der Waals surface area contributed by atoms with Crippen molar-refractivity contribution in [1.82, 2.24) is 4.98 Å². The van der Waals surface area contributed by atoms with Crippen LogP contribution in [0.3, 0.4) is 0 Å². The molecular formula is C12H16Cl2N2. The second-order valence-corrected chi connectivity index (χ2v) is 5.13. The van der Waals surface area contributed by atoms with Crippen LogP contribution in [-0.2, 0) is 5.88 Å². The van der Waals surface area contributed by atoms with Crippen LogP contribution in [0.25, 0.3) is 0 Å². The molecule has 4 heteroatoms. The van der Waals surface area contributed by atoms with Gasteiger partial charge in [-0.1, -0.05) is 18.5 Å². The molecule has 0 aromatic carbocycles. The Bertz CT molecular complexity index is 360. The summed E-state index contributed by atoms with van der Waals surface area (Å²) in [6.07, 6.45) is 4.25. The molecule has 0 saturated carbocycles. The molecule has 0 atom stereocenters. The number of anilines is 1. The third kappa shape index (κ3) is 2.61. The number of hydrogen-bond donors (Lipinski definition) is 0. The molecule has 0 aliphatic carbocycles. The van der Waals surface area contributed by atoms with E-state index in [1.807, 2.05) is 12.3 Å². The van der Waals surface area contributed by atoms with E-state index in [0.29, 0.717) is 10.9 Å². The lowest BCUT2D eigenvalue weighted by molar-refractivity contribution is 0.436. The molecule has 0 bridgehead atoms. The van der Waals surface area contributed by atoms with Crippen molar-refractivity contribution in [3.05, 3.63) is 22.8 Å². The molecule has 0 radical (unpaired) electrons. The molecule has 0 spiro atoms. The Kier molecular flexibility index (Phi) is 3.93. The van der Waals surface area contributed by atoms with E-state index in [0.717, 1.165) is 30.4 Å². The highest BCUT2D eigenvalue weighted by molar-refractivity contribution is 6.33. The van der Waals surface area contributed by atoms with E-state index in [1.54, 1.807) is 0 Å². The molecule has 0 amide bonds. The van der Waals surface area contributed by atoms with E-state index in [1.165, 1.54) is 12.8 Å². The number of hydrogen-bond acceptors (Lipinski definition) is 2. The maximum Gasteiger partial charge on any atom is 0.147 e. The minimum atomic E-state index is 0.462. The van der Waals surface area contributed by atoms with Gasteiger partial charge in [0.25, 0.3) is 0 Å². The summed E-state index contributed by atoms with van der Waals surface area (Å²) in [5.41, 5.74) is 0.973. The van der Waals surface area contributed by atoms with Gasteiger partial charge in [-0.3, -0.25) is 0 Å². The summed E-state index contributed by atoms with van der Waals surface area (Å²) in [5.74, 6) is 2.18. The van der Waals surface area contributed by atoms with Gasteiger partial charge in [0.15, 0.2) is 0 Å². The minimum absolute atomic E-state index is 0.462. The monoisotopic (exact) mass is 258 g/mol. The molecule has 2 heterocycles. The van der Waals surface area contributed by atoms with Crippen LogP contribution in [0.4, 0.5) is 5.82 Å². The van der Waals surface area contributed by atoms with E-state index >= 15 is 0 Å². The predicted molar refractivity (Wildman–Crippen MR) is 69.4 cm³/mol. The summed E-state index contributed by atoms with van der Waals surface area (Å²) in [5, 5.41) is 0.715. The van der Waals surface area contributed by atoms with Crippen molar-refractivity contribution in [2.24, 2.45) is 5.92 Å². The molecule has 0 N–H and O–H groups in total. The van der Waals surface area contributed by atoms with Crippen molar-refractivity contribution in [2.45, 2.75) is 25.6 Å². The molecule has 1 aliphatic rings. The second-order valence-electron chi connectivity index (χ2n) is 4.45. The highest BCUT2D eigenvalue weighted by atomic mass is 35.5. The van der Waals surface area contributed by atoms with Gasteiger partial charge in [-0.25, -0.2) is 4.98 Å². The lowest BCUT2D eigenvalue weighted by Gasteiger charge is -2.31. The van der Waals surface area contributed by atoms with Crippen molar-refractivity contribution in [1.29, 1.82) is 0 Å². The Morgan fingerprint density at radius 3 is 2.69 bits per heavy atom. The third-order valence-corrected chi connectivity index (χ3v) is 3.70. The van der Waals surface area contributed by atoms with Crippen LogP contribution < -0.4 is 4.90 Å². The number of nitrogens with zero attached hydrogens (tertiary/aromatic N) is 2. The summed E-state index contributed by atoms with van der Waals surface area (Å²) in [4.78, 5) is 6.67. The lowest BCUT2D eigenvalue weighted by Crippen LogP contribution is -2.33. The Morgan fingerprint density at radius 2 is 2.12 bits per heavy atom. The second kappa shape index (κ2) is 5.24. The molecule has 0 unspecified atom stereocenters. The fourth-order valence-corrected chi connectivity index (χ4v) is 2.45. The molecule has 1 aromatic heterocycles. The smallest absolute Gasteiger partial charge is 0.147 e. The standard InChI is InChI=1S/C12H16Cl2N2/c1-9-2-4-16(5-3-9)12-11(14)6-10(7-13)8-15-12/h6,8-9H,2-5,7H2,1H3. The van der Waals surface area contributed by atoms with E-state index < -0.39 is 0 Å². The molecule has 1 saturated heterocycles. The van der Waals surface area contributed by atoms with Crippen LogP contribution in [0.5, 0.6) is 0 Å². The van der Waals surface area contributed by atoms with E-state index in [4.69, 9.17) is 23.2 Å². The van der Waals surface area contributed by atoms with Crippen molar-refractivity contribution in [2.75, 3.05) is 18.0 Å². The first kappa shape index (κ1) is 12.0. The van der Waals surface area contributed by atoms with E-state index in [9.17, 15) is 0 Å². The number of aromatic nitrogens is 1. The van der Waals surface area contributed by atoms with Gasteiger partial charge in [0.05, 0.1) is 5.02 Å². The van der Waals surface area contributed by atoms with Gasteiger partial charge >= 0.3 is 0 Å². The average molecular weight is 259 g/mol. The number of rotatable bonds is 2. The molecule has 2 rings (SSSR count). The summed E-state index contributed by atoms with van der Waals surface area (Å²) < 4.78 is 0. The van der Waals surface area contributed by atoms with Gasteiger partial charge in [0, 0.05) is 25.2 Å². The average Bonchev–Trinajstić information content (AvgIpc) is 2.30. The maximum atomic E-state index is 6.22. The number of halogens is 2. The molecule has 2 nitrogen and oxygen atoms in total. The zero-order valence-corrected chi connectivity index (χ0v) is 10.9. The van der Waals surface area contributed by atoms with E-state index in [2.05, 4.69) is 16.8 Å². The van der Waals surface area contributed by atoms with E-state index in [-0.39, 0.29) is 0 Å². The molecule has 1 aromatic rings. The van der Waals surface area contributed by atoms with Crippen LogP contribution in [-0.4, -0.2) is 18.1 Å². The highest BCUT2D eigenvalue weighted by Crippen LogP contribution is 2.28. The SMILES string of the molecule is CC1CCN(c2ncc(CCl)cc2Cl)CC1. The van der Waals surface area contributed by atoms with Gasteiger partial charge in [0.1, 0.15) is 5.82 Å². The fourth-order valence-electron chi connectivity index (χ4n) is 2.00. The summed E-state index contributed by atoms with van der Waals surface area (Å²) in [6.45, 7) is 4.39. The predicted octanol–water partition coefficient (Wildman–Crippen LogP) is 3.71. The first-order chi connectivity index (χ1) is 7.70. The molecule has 1 fully saturated rings. The Hall–Kier alpha value is -0.470. The fraction of sp³-hybridized carbons (Fsp3) is 0.583. The number of pyridine rings is 1. The first-order valence-corrected chi connectivity index (χ1v) is 6.57. The maximum absolute atomic E-state index is 6.22. The summed E-state index contributed by atoms with van der Waals surface area (Å²) in [6, 6.07) is 1.91. The van der Waals surface area contributed by atoms with Crippen molar-refractivity contribution < 1.29 is 0 Å². The molecule has 16 heavy (non-hydrogen) atoms. The largest absolute Gasteiger partial charge is 0.355 e. The normalized spacial score (nSPS) is 17.8. The lowest BCUT2D eigenvalue weighted by atomic mass is 9.99.